The van der Waals surface area contributed by atoms with E-state index in [1.165, 1.54) is 4.90 Å². The van der Waals surface area contributed by atoms with E-state index in [0.717, 1.165) is 19.3 Å². The fourth-order valence-electron chi connectivity index (χ4n) is 3.71. The summed E-state index contributed by atoms with van der Waals surface area (Å²) in [5.41, 5.74) is -0.743. The molecule has 0 aromatic heterocycles. The Labute approximate surface area is 149 Å². The molecule has 0 radical (unpaired) electrons. The smallest absolute Gasteiger partial charge is 0.348 e. The van der Waals surface area contributed by atoms with E-state index in [1.807, 2.05) is 36.4 Å². The van der Waals surface area contributed by atoms with Crippen molar-refractivity contribution in [2.24, 2.45) is 0 Å². The van der Waals surface area contributed by atoms with Crippen molar-refractivity contribution >= 4 is 5.97 Å². The third-order valence-corrected chi connectivity index (χ3v) is 5.13. The number of likely N-dealkylation sites (N-methyl/N-ethyl adjacent to an activating group) is 1. The molecule has 2 N–H and O–H groups in total. The van der Waals surface area contributed by atoms with E-state index < -0.39 is 11.6 Å². The van der Waals surface area contributed by atoms with Crippen LogP contribution < -0.4 is 4.90 Å². The summed E-state index contributed by atoms with van der Waals surface area (Å²) in [5.74, 6) is -0.594. The summed E-state index contributed by atoms with van der Waals surface area (Å²) in [6, 6.07) is 18.3. The molecular formula is C21H26NO3+. The quantitative estimate of drug-likeness (QED) is 0.812. The summed E-state index contributed by atoms with van der Waals surface area (Å²) in [6.45, 7) is 0. The number of benzene rings is 2. The Morgan fingerprint density at radius 3 is 2.00 bits per heavy atom. The Hall–Kier alpha value is -2.17. The first-order valence-corrected chi connectivity index (χ1v) is 8.88. The molecule has 2 aromatic rings. The fourth-order valence-corrected chi connectivity index (χ4v) is 3.71. The Bertz CT molecular complexity index is 660. The number of carbonyl (C=O) groups excluding carboxylic acids is 1. The maximum absolute atomic E-state index is 13.1. The third-order valence-electron chi connectivity index (χ3n) is 5.13. The zero-order valence-corrected chi connectivity index (χ0v) is 14.8. The normalized spacial score (nSPS) is 20.6. The minimum atomic E-state index is -1.79. The van der Waals surface area contributed by atoms with Crippen molar-refractivity contribution in [2.75, 3.05) is 14.1 Å². The SMILES string of the molecule is C[NH+](C)[C@H]1CCC[C@@H]1OC(=O)C(O)(c1ccccc1)c1ccccc1. The summed E-state index contributed by atoms with van der Waals surface area (Å²) in [4.78, 5) is 14.4. The lowest BCUT2D eigenvalue weighted by Gasteiger charge is -2.30. The molecular weight excluding hydrogens is 314 g/mol. The van der Waals surface area contributed by atoms with Gasteiger partial charge in [0.15, 0.2) is 6.10 Å². The van der Waals surface area contributed by atoms with Crippen LogP contribution in [-0.2, 0) is 15.1 Å². The zero-order chi connectivity index (χ0) is 17.9. The van der Waals surface area contributed by atoms with Gasteiger partial charge in [-0.2, -0.15) is 0 Å². The molecule has 25 heavy (non-hydrogen) atoms. The van der Waals surface area contributed by atoms with E-state index in [0.29, 0.717) is 11.1 Å². The number of esters is 1. The average molecular weight is 340 g/mol. The van der Waals surface area contributed by atoms with Gasteiger partial charge in [0.2, 0.25) is 5.60 Å². The van der Waals surface area contributed by atoms with Gasteiger partial charge in [-0.1, -0.05) is 60.7 Å². The predicted octanol–water partition coefficient (Wildman–Crippen LogP) is 1.53. The topological polar surface area (TPSA) is 51.0 Å². The summed E-state index contributed by atoms with van der Waals surface area (Å²) in [5, 5.41) is 11.4. The van der Waals surface area contributed by atoms with E-state index >= 15 is 0 Å². The number of quaternary nitrogens is 1. The third kappa shape index (κ3) is 3.46. The zero-order valence-electron chi connectivity index (χ0n) is 14.8. The van der Waals surface area contributed by atoms with Gasteiger partial charge in [-0.05, 0) is 24.0 Å². The van der Waals surface area contributed by atoms with Crippen LogP contribution in [0.4, 0.5) is 0 Å². The maximum atomic E-state index is 13.1. The van der Waals surface area contributed by atoms with Crippen molar-refractivity contribution in [1.29, 1.82) is 0 Å². The lowest BCUT2D eigenvalue weighted by molar-refractivity contribution is -0.888. The average Bonchev–Trinajstić information content (AvgIpc) is 3.11. The van der Waals surface area contributed by atoms with Gasteiger partial charge in [-0.3, -0.25) is 0 Å². The van der Waals surface area contributed by atoms with Crippen LogP contribution in [0.3, 0.4) is 0 Å². The number of ether oxygens (including phenoxy) is 1. The highest BCUT2D eigenvalue weighted by Gasteiger charge is 2.45. The Balaban J connectivity index is 1.94. The lowest BCUT2D eigenvalue weighted by Crippen LogP contribution is -3.11. The van der Waals surface area contributed by atoms with Crippen LogP contribution in [0.25, 0.3) is 0 Å². The summed E-state index contributed by atoms with van der Waals surface area (Å²) >= 11 is 0. The van der Waals surface area contributed by atoms with Crippen LogP contribution in [0.5, 0.6) is 0 Å². The molecule has 2 aromatic carbocycles. The monoisotopic (exact) mass is 340 g/mol. The van der Waals surface area contributed by atoms with E-state index in [4.69, 9.17) is 4.74 Å². The first-order chi connectivity index (χ1) is 12.0. The van der Waals surface area contributed by atoms with Crippen molar-refractivity contribution in [3.8, 4) is 0 Å². The fraction of sp³-hybridized carbons (Fsp3) is 0.381. The van der Waals surface area contributed by atoms with Crippen molar-refractivity contribution in [3.05, 3.63) is 71.8 Å². The predicted molar refractivity (Wildman–Crippen MR) is 96.2 cm³/mol. The molecule has 0 heterocycles. The molecule has 0 saturated heterocycles. The molecule has 3 rings (SSSR count). The van der Waals surface area contributed by atoms with Gasteiger partial charge in [0.1, 0.15) is 6.04 Å². The van der Waals surface area contributed by atoms with Gasteiger partial charge in [-0.15, -0.1) is 0 Å². The van der Waals surface area contributed by atoms with Crippen molar-refractivity contribution in [3.63, 3.8) is 0 Å². The first-order valence-electron chi connectivity index (χ1n) is 8.88. The largest absolute Gasteiger partial charge is 0.453 e. The highest BCUT2D eigenvalue weighted by molar-refractivity contribution is 5.85. The first kappa shape index (κ1) is 17.6. The van der Waals surface area contributed by atoms with E-state index in [-0.39, 0.29) is 12.1 Å². The second-order valence-corrected chi connectivity index (χ2v) is 7.00. The van der Waals surface area contributed by atoms with Crippen molar-refractivity contribution in [1.82, 2.24) is 0 Å². The molecule has 0 spiro atoms. The van der Waals surface area contributed by atoms with Gasteiger partial charge < -0.3 is 14.7 Å². The summed E-state index contributed by atoms with van der Waals surface area (Å²) < 4.78 is 5.85. The number of carbonyl (C=O) groups is 1. The molecule has 1 saturated carbocycles. The van der Waals surface area contributed by atoms with Crippen molar-refractivity contribution in [2.45, 2.75) is 37.0 Å². The Morgan fingerprint density at radius 2 is 1.52 bits per heavy atom. The second kappa shape index (κ2) is 7.38. The summed E-state index contributed by atoms with van der Waals surface area (Å²) in [7, 11) is 4.16. The van der Waals surface area contributed by atoms with Crippen molar-refractivity contribution < 1.29 is 19.5 Å². The second-order valence-electron chi connectivity index (χ2n) is 7.00. The molecule has 0 bridgehead atoms. The molecule has 4 nitrogen and oxygen atoms in total. The lowest BCUT2D eigenvalue weighted by atomic mass is 9.86. The number of nitrogens with one attached hydrogen (secondary N) is 1. The molecule has 4 heteroatoms. The number of hydrogen-bond donors (Lipinski definition) is 2. The van der Waals surface area contributed by atoms with E-state index in [9.17, 15) is 9.90 Å². The molecule has 132 valence electrons. The molecule has 0 aliphatic heterocycles. The van der Waals surface area contributed by atoms with Crippen LogP contribution in [0.2, 0.25) is 0 Å². The van der Waals surface area contributed by atoms with E-state index in [2.05, 4.69) is 14.1 Å². The number of aliphatic hydroxyl groups is 1. The Kier molecular flexibility index (Phi) is 5.21. The van der Waals surface area contributed by atoms with Gasteiger partial charge >= 0.3 is 5.97 Å². The summed E-state index contributed by atoms with van der Waals surface area (Å²) in [6.07, 6.45) is 2.77. The van der Waals surface area contributed by atoms with Crippen LogP contribution in [0.15, 0.2) is 60.7 Å². The maximum Gasteiger partial charge on any atom is 0.348 e. The van der Waals surface area contributed by atoms with Gasteiger partial charge in [0.05, 0.1) is 14.1 Å². The molecule has 1 aliphatic rings. The number of rotatable bonds is 5. The highest BCUT2D eigenvalue weighted by Crippen LogP contribution is 2.33. The molecule has 2 atom stereocenters. The van der Waals surface area contributed by atoms with Gasteiger partial charge in [0.25, 0.3) is 0 Å². The molecule has 1 aliphatic carbocycles. The standard InChI is InChI=1S/C21H25NO3/c1-22(2)18-14-9-15-19(18)25-20(23)21(24,16-10-5-3-6-11-16)17-12-7-4-8-13-17/h3-8,10-13,18-19,24H,9,14-15H2,1-2H3/p+1/t18-,19-/m0/s1. The van der Waals surface area contributed by atoms with Gasteiger partial charge in [0, 0.05) is 6.42 Å². The van der Waals surface area contributed by atoms with Crippen LogP contribution in [0.1, 0.15) is 30.4 Å². The molecule has 0 amide bonds. The van der Waals surface area contributed by atoms with Crippen LogP contribution in [0, 0.1) is 0 Å². The minimum absolute atomic E-state index is 0.156. The van der Waals surface area contributed by atoms with Crippen LogP contribution >= 0.6 is 0 Å². The minimum Gasteiger partial charge on any atom is -0.453 e. The molecule has 0 unspecified atom stereocenters. The van der Waals surface area contributed by atoms with Crippen LogP contribution in [-0.4, -0.2) is 37.3 Å². The number of hydrogen-bond acceptors (Lipinski definition) is 3. The van der Waals surface area contributed by atoms with E-state index in [1.54, 1.807) is 24.3 Å². The molecule has 1 fully saturated rings. The Morgan fingerprint density at radius 1 is 1.00 bits per heavy atom. The highest BCUT2D eigenvalue weighted by atomic mass is 16.6. The van der Waals surface area contributed by atoms with Gasteiger partial charge in [-0.25, -0.2) is 4.79 Å².